The van der Waals surface area contributed by atoms with Gasteiger partial charge >= 0.3 is 0 Å². The van der Waals surface area contributed by atoms with Crippen LogP contribution in [0.1, 0.15) is 25.3 Å². The van der Waals surface area contributed by atoms with Crippen molar-refractivity contribution in [3.8, 4) is 5.75 Å². The first-order chi connectivity index (χ1) is 9.27. The summed E-state index contributed by atoms with van der Waals surface area (Å²) in [6.45, 7) is 6.54. The van der Waals surface area contributed by atoms with Crippen LogP contribution in [0.5, 0.6) is 5.75 Å². The monoisotopic (exact) mass is 263 g/mol. The summed E-state index contributed by atoms with van der Waals surface area (Å²) in [4.78, 5) is 4.16. The molecule has 0 amide bonds. The van der Waals surface area contributed by atoms with Crippen LogP contribution in [0.25, 0.3) is 0 Å². The molecule has 1 aromatic rings. The Morgan fingerprint density at radius 1 is 1.21 bits per heavy atom. The lowest BCUT2D eigenvalue weighted by Crippen LogP contribution is -2.39. The molecule has 4 nitrogen and oxygen atoms in total. The second kappa shape index (κ2) is 9.25. The predicted molar refractivity (Wildman–Crippen MR) is 80.9 cm³/mol. The average Bonchev–Trinajstić information content (AvgIpc) is 2.43. The average molecular weight is 263 g/mol. The fourth-order valence-corrected chi connectivity index (χ4v) is 1.65. The Bertz CT molecular complexity index is 391. The van der Waals surface area contributed by atoms with Crippen molar-refractivity contribution in [2.24, 2.45) is 4.99 Å². The first-order valence-electron chi connectivity index (χ1n) is 6.91. The van der Waals surface area contributed by atoms with Crippen LogP contribution in [0.4, 0.5) is 0 Å². The number of hydrogen-bond donors (Lipinski definition) is 2. The Morgan fingerprint density at radius 2 is 1.95 bits per heavy atom. The van der Waals surface area contributed by atoms with E-state index in [0.717, 1.165) is 36.8 Å². The van der Waals surface area contributed by atoms with Crippen LogP contribution in [0.3, 0.4) is 0 Å². The van der Waals surface area contributed by atoms with Crippen molar-refractivity contribution in [1.29, 1.82) is 0 Å². The highest BCUT2D eigenvalue weighted by Crippen LogP contribution is 2.15. The van der Waals surface area contributed by atoms with E-state index in [1.807, 2.05) is 31.2 Å². The van der Waals surface area contributed by atoms with Gasteiger partial charge in [-0.2, -0.15) is 0 Å². The molecule has 0 bridgehead atoms. The smallest absolute Gasteiger partial charge is 0.191 e. The number of nitrogens with one attached hydrogen (secondary N) is 2. The molecule has 0 aliphatic rings. The van der Waals surface area contributed by atoms with Crippen LogP contribution in [-0.4, -0.2) is 32.7 Å². The van der Waals surface area contributed by atoms with Gasteiger partial charge in [-0.05, 0) is 25.0 Å². The van der Waals surface area contributed by atoms with E-state index in [0.29, 0.717) is 6.61 Å². The SMILES string of the molecule is CCCCNC(=NC)NCCOc1ccccc1C. The molecule has 0 unspecified atom stereocenters. The maximum absolute atomic E-state index is 5.71. The van der Waals surface area contributed by atoms with Crippen molar-refractivity contribution in [3.05, 3.63) is 29.8 Å². The first-order valence-corrected chi connectivity index (χ1v) is 6.91. The lowest BCUT2D eigenvalue weighted by molar-refractivity contribution is 0.320. The van der Waals surface area contributed by atoms with Gasteiger partial charge in [-0.25, -0.2) is 0 Å². The summed E-state index contributed by atoms with van der Waals surface area (Å²) in [5.74, 6) is 1.78. The van der Waals surface area contributed by atoms with E-state index in [4.69, 9.17) is 4.74 Å². The van der Waals surface area contributed by atoms with Gasteiger partial charge in [0.15, 0.2) is 5.96 Å². The second-order valence-electron chi connectivity index (χ2n) is 4.39. The third-order valence-corrected chi connectivity index (χ3v) is 2.79. The van der Waals surface area contributed by atoms with E-state index < -0.39 is 0 Å². The molecule has 0 aliphatic carbocycles. The number of rotatable bonds is 7. The fourth-order valence-electron chi connectivity index (χ4n) is 1.65. The number of guanidine groups is 1. The van der Waals surface area contributed by atoms with Gasteiger partial charge in [0.05, 0.1) is 6.54 Å². The molecular formula is C15H25N3O. The van der Waals surface area contributed by atoms with Gasteiger partial charge in [-0.1, -0.05) is 31.5 Å². The van der Waals surface area contributed by atoms with Crippen LogP contribution in [0.2, 0.25) is 0 Å². The summed E-state index contributed by atoms with van der Waals surface area (Å²) < 4.78 is 5.71. The molecule has 0 fully saturated rings. The normalized spacial score (nSPS) is 11.2. The summed E-state index contributed by atoms with van der Waals surface area (Å²) in [5, 5.41) is 6.50. The van der Waals surface area contributed by atoms with Gasteiger partial charge in [-0.3, -0.25) is 4.99 Å². The van der Waals surface area contributed by atoms with Crippen molar-refractivity contribution in [2.45, 2.75) is 26.7 Å². The number of aliphatic imine (C=N–C) groups is 1. The van der Waals surface area contributed by atoms with Gasteiger partial charge < -0.3 is 15.4 Å². The molecule has 106 valence electrons. The quantitative estimate of drug-likeness (QED) is 0.451. The molecule has 0 atom stereocenters. The van der Waals surface area contributed by atoms with E-state index in [-0.39, 0.29) is 0 Å². The van der Waals surface area contributed by atoms with E-state index in [1.165, 1.54) is 6.42 Å². The van der Waals surface area contributed by atoms with Gasteiger partial charge in [-0.15, -0.1) is 0 Å². The molecule has 4 heteroatoms. The Kier molecular flexibility index (Phi) is 7.47. The van der Waals surface area contributed by atoms with Crippen molar-refractivity contribution in [1.82, 2.24) is 10.6 Å². The summed E-state index contributed by atoms with van der Waals surface area (Å²) in [6.07, 6.45) is 2.33. The molecule has 19 heavy (non-hydrogen) atoms. The highest BCUT2D eigenvalue weighted by atomic mass is 16.5. The van der Waals surface area contributed by atoms with Crippen LogP contribution in [0.15, 0.2) is 29.3 Å². The van der Waals surface area contributed by atoms with Crippen molar-refractivity contribution in [2.75, 3.05) is 26.7 Å². The van der Waals surface area contributed by atoms with Gasteiger partial charge in [0.2, 0.25) is 0 Å². The van der Waals surface area contributed by atoms with Crippen molar-refractivity contribution in [3.63, 3.8) is 0 Å². The molecule has 1 rings (SSSR count). The highest BCUT2D eigenvalue weighted by Gasteiger charge is 1.98. The van der Waals surface area contributed by atoms with Crippen LogP contribution < -0.4 is 15.4 Å². The summed E-state index contributed by atoms with van der Waals surface area (Å²) in [7, 11) is 1.78. The molecule has 1 aromatic carbocycles. The van der Waals surface area contributed by atoms with Crippen LogP contribution in [-0.2, 0) is 0 Å². The number of hydrogen-bond acceptors (Lipinski definition) is 2. The predicted octanol–water partition coefficient (Wildman–Crippen LogP) is 2.34. The van der Waals surface area contributed by atoms with E-state index in [2.05, 4.69) is 22.5 Å². The third kappa shape index (κ3) is 6.13. The first kappa shape index (κ1) is 15.3. The molecule has 2 N–H and O–H groups in total. The molecular weight excluding hydrogens is 238 g/mol. The number of unbranched alkanes of at least 4 members (excludes halogenated alkanes) is 1. The molecule has 0 aliphatic heterocycles. The van der Waals surface area contributed by atoms with E-state index in [1.54, 1.807) is 7.05 Å². The van der Waals surface area contributed by atoms with Crippen molar-refractivity contribution >= 4 is 5.96 Å². The largest absolute Gasteiger partial charge is 0.491 e. The Balaban J connectivity index is 2.21. The minimum Gasteiger partial charge on any atom is -0.491 e. The van der Waals surface area contributed by atoms with Gasteiger partial charge in [0.25, 0.3) is 0 Å². The minimum atomic E-state index is 0.624. The Hall–Kier alpha value is -1.71. The fraction of sp³-hybridized carbons (Fsp3) is 0.533. The zero-order chi connectivity index (χ0) is 13.9. The Morgan fingerprint density at radius 3 is 2.63 bits per heavy atom. The zero-order valence-corrected chi connectivity index (χ0v) is 12.2. The van der Waals surface area contributed by atoms with Gasteiger partial charge in [0.1, 0.15) is 12.4 Å². The van der Waals surface area contributed by atoms with E-state index >= 15 is 0 Å². The summed E-state index contributed by atoms with van der Waals surface area (Å²) in [5.41, 5.74) is 1.16. The number of para-hydroxylation sites is 1. The standard InChI is InChI=1S/C15H25N3O/c1-4-5-10-17-15(16-3)18-11-12-19-14-9-7-6-8-13(14)2/h6-9H,4-5,10-12H2,1-3H3,(H2,16,17,18). The summed E-state index contributed by atoms with van der Waals surface area (Å²) >= 11 is 0. The minimum absolute atomic E-state index is 0.624. The lowest BCUT2D eigenvalue weighted by Gasteiger charge is -2.13. The maximum Gasteiger partial charge on any atom is 0.191 e. The number of ether oxygens (including phenoxy) is 1. The summed E-state index contributed by atoms with van der Waals surface area (Å²) in [6, 6.07) is 8.04. The van der Waals surface area contributed by atoms with Crippen LogP contribution >= 0.6 is 0 Å². The molecule has 0 spiro atoms. The third-order valence-electron chi connectivity index (χ3n) is 2.79. The highest BCUT2D eigenvalue weighted by molar-refractivity contribution is 5.79. The molecule has 0 saturated heterocycles. The lowest BCUT2D eigenvalue weighted by atomic mass is 10.2. The molecule has 0 aromatic heterocycles. The molecule has 0 radical (unpaired) electrons. The zero-order valence-electron chi connectivity index (χ0n) is 12.2. The van der Waals surface area contributed by atoms with Crippen LogP contribution in [0, 0.1) is 6.92 Å². The van der Waals surface area contributed by atoms with E-state index in [9.17, 15) is 0 Å². The van der Waals surface area contributed by atoms with Gasteiger partial charge in [0, 0.05) is 13.6 Å². The topological polar surface area (TPSA) is 45.7 Å². The molecule has 0 saturated carbocycles. The van der Waals surface area contributed by atoms with Crippen molar-refractivity contribution < 1.29 is 4.74 Å². The Labute approximate surface area is 116 Å². The number of aryl methyl sites for hydroxylation is 1. The number of nitrogens with zero attached hydrogens (tertiary/aromatic N) is 1. The maximum atomic E-state index is 5.71. The second-order valence-corrected chi connectivity index (χ2v) is 4.39. The number of benzene rings is 1. The molecule has 0 heterocycles.